The quantitative estimate of drug-likeness (QED) is 0.501. The number of piperidine rings is 1. The van der Waals surface area contributed by atoms with Crippen LogP contribution in [0.25, 0.3) is 0 Å². The molecule has 0 bridgehead atoms. The molecule has 4 nitrogen and oxygen atoms in total. The lowest BCUT2D eigenvalue weighted by Crippen LogP contribution is -2.46. The number of nitrogens with zero attached hydrogens (tertiary/aromatic N) is 2. The first kappa shape index (κ1) is 11.3. The Morgan fingerprint density at radius 3 is 2.29 bits per heavy atom. The van der Waals surface area contributed by atoms with Crippen molar-refractivity contribution in [2.24, 2.45) is 0 Å². The van der Waals surface area contributed by atoms with Gasteiger partial charge in [-0.2, -0.15) is 0 Å². The van der Waals surface area contributed by atoms with Crippen molar-refractivity contribution in [1.82, 2.24) is 9.80 Å². The van der Waals surface area contributed by atoms with E-state index in [4.69, 9.17) is 11.6 Å². The first-order valence-electron chi connectivity index (χ1n) is 4.92. The molecule has 0 aromatic heterocycles. The molecule has 0 unspecified atom stereocenters. The number of imide groups is 1. The number of carbonyl (C=O) groups is 2. The summed E-state index contributed by atoms with van der Waals surface area (Å²) >= 11 is 5.30. The molecule has 0 N–H and O–H groups in total. The summed E-state index contributed by atoms with van der Waals surface area (Å²) in [7, 11) is 0. The fourth-order valence-electron chi connectivity index (χ4n) is 1.59. The summed E-state index contributed by atoms with van der Waals surface area (Å²) in [6.45, 7) is 3.54. The van der Waals surface area contributed by atoms with Crippen LogP contribution in [0.3, 0.4) is 0 Å². The Morgan fingerprint density at radius 1 is 1.29 bits per heavy atom. The highest BCUT2D eigenvalue weighted by Gasteiger charge is 2.24. The fourth-order valence-corrected chi connectivity index (χ4v) is 1.78. The van der Waals surface area contributed by atoms with Crippen LogP contribution in [0.4, 0.5) is 9.59 Å². The van der Waals surface area contributed by atoms with Crippen LogP contribution < -0.4 is 0 Å². The SMILES string of the molecule is CCN(C(=O)Cl)C(=O)N1CCCCC1. The van der Waals surface area contributed by atoms with Crippen LogP contribution in [0.15, 0.2) is 0 Å². The third-order valence-electron chi connectivity index (χ3n) is 2.39. The molecule has 0 radical (unpaired) electrons. The standard InChI is InChI=1S/C9H15ClN2O2/c1-2-12(8(10)13)9(14)11-6-4-3-5-7-11/h2-7H2,1H3. The molecule has 1 saturated heterocycles. The van der Waals surface area contributed by atoms with Gasteiger partial charge in [-0.3, -0.25) is 9.69 Å². The second kappa shape index (κ2) is 5.20. The van der Waals surface area contributed by atoms with Crippen LogP contribution in [-0.4, -0.2) is 40.8 Å². The van der Waals surface area contributed by atoms with Crippen molar-refractivity contribution in [2.45, 2.75) is 26.2 Å². The van der Waals surface area contributed by atoms with E-state index in [1.54, 1.807) is 11.8 Å². The molecule has 1 aliphatic rings. The van der Waals surface area contributed by atoms with Gasteiger partial charge in [0.2, 0.25) is 0 Å². The molecule has 3 amide bonds. The van der Waals surface area contributed by atoms with Crippen molar-refractivity contribution >= 4 is 23.0 Å². The van der Waals surface area contributed by atoms with Gasteiger partial charge in [0.1, 0.15) is 0 Å². The second-order valence-electron chi connectivity index (χ2n) is 3.33. The lowest BCUT2D eigenvalue weighted by molar-refractivity contribution is 0.154. The number of rotatable bonds is 1. The zero-order chi connectivity index (χ0) is 10.6. The summed E-state index contributed by atoms with van der Waals surface area (Å²) in [4.78, 5) is 25.4. The molecule has 5 heteroatoms. The molecule has 0 atom stereocenters. The van der Waals surface area contributed by atoms with E-state index in [1.165, 1.54) is 0 Å². The van der Waals surface area contributed by atoms with Gasteiger partial charge >= 0.3 is 11.4 Å². The Balaban J connectivity index is 2.56. The Hall–Kier alpha value is -0.770. The van der Waals surface area contributed by atoms with Crippen molar-refractivity contribution in [3.05, 3.63) is 0 Å². The number of likely N-dealkylation sites (tertiary alicyclic amines) is 1. The largest absolute Gasteiger partial charge is 0.327 e. The predicted molar refractivity (Wildman–Crippen MR) is 54.4 cm³/mol. The van der Waals surface area contributed by atoms with Gasteiger partial charge in [0.15, 0.2) is 0 Å². The molecule has 0 aromatic rings. The van der Waals surface area contributed by atoms with E-state index in [0.717, 1.165) is 37.3 Å². The van der Waals surface area contributed by atoms with Gasteiger partial charge in [-0.05, 0) is 37.8 Å². The minimum Gasteiger partial charge on any atom is -0.324 e. The highest BCUT2D eigenvalue weighted by molar-refractivity contribution is 6.63. The minimum atomic E-state index is -0.692. The predicted octanol–water partition coefficient (Wildman–Crippen LogP) is 2.27. The summed E-state index contributed by atoms with van der Waals surface area (Å²) < 4.78 is 0. The van der Waals surface area contributed by atoms with Crippen molar-refractivity contribution in [1.29, 1.82) is 0 Å². The molecule has 1 heterocycles. The smallest absolute Gasteiger partial charge is 0.324 e. The summed E-state index contributed by atoms with van der Waals surface area (Å²) in [6, 6.07) is -0.257. The molecule has 0 saturated carbocycles. The van der Waals surface area contributed by atoms with E-state index in [9.17, 15) is 9.59 Å². The summed E-state index contributed by atoms with van der Waals surface area (Å²) in [5, 5.41) is -0.692. The van der Waals surface area contributed by atoms with Crippen molar-refractivity contribution in [3.63, 3.8) is 0 Å². The van der Waals surface area contributed by atoms with E-state index in [0.29, 0.717) is 6.54 Å². The van der Waals surface area contributed by atoms with Crippen LogP contribution >= 0.6 is 11.6 Å². The highest BCUT2D eigenvalue weighted by atomic mass is 35.5. The monoisotopic (exact) mass is 218 g/mol. The molecule has 0 spiro atoms. The minimum absolute atomic E-state index is 0.257. The number of halogens is 1. The van der Waals surface area contributed by atoms with Gasteiger partial charge in [-0.15, -0.1) is 0 Å². The normalized spacial score (nSPS) is 16.6. The van der Waals surface area contributed by atoms with Crippen LogP contribution in [0.2, 0.25) is 0 Å². The number of hydrogen-bond acceptors (Lipinski definition) is 2. The van der Waals surface area contributed by atoms with Gasteiger partial charge in [0.25, 0.3) is 0 Å². The Labute approximate surface area is 88.8 Å². The van der Waals surface area contributed by atoms with Crippen molar-refractivity contribution in [3.8, 4) is 0 Å². The van der Waals surface area contributed by atoms with Gasteiger partial charge in [-0.1, -0.05) is 0 Å². The number of hydrogen-bond donors (Lipinski definition) is 0. The van der Waals surface area contributed by atoms with Gasteiger partial charge in [0, 0.05) is 19.6 Å². The molecular weight excluding hydrogens is 204 g/mol. The van der Waals surface area contributed by atoms with Gasteiger partial charge in [-0.25, -0.2) is 4.79 Å². The van der Waals surface area contributed by atoms with Crippen LogP contribution in [-0.2, 0) is 0 Å². The fraction of sp³-hybridized carbons (Fsp3) is 0.778. The highest BCUT2D eigenvalue weighted by Crippen LogP contribution is 2.12. The zero-order valence-electron chi connectivity index (χ0n) is 8.33. The van der Waals surface area contributed by atoms with Crippen molar-refractivity contribution < 1.29 is 9.59 Å². The maximum atomic E-state index is 11.7. The molecule has 0 aromatic carbocycles. The third-order valence-corrected chi connectivity index (χ3v) is 2.59. The van der Waals surface area contributed by atoms with E-state index in [-0.39, 0.29) is 6.03 Å². The molecule has 14 heavy (non-hydrogen) atoms. The maximum Gasteiger partial charge on any atom is 0.327 e. The molecule has 1 rings (SSSR count). The average Bonchev–Trinajstić information content (AvgIpc) is 2.19. The first-order chi connectivity index (χ1) is 6.66. The van der Waals surface area contributed by atoms with Crippen molar-refractivity contribution in [2.75, 3.05) is 19.6 Å². The molecule has 1 fully saturated rings. The van der Waals surface area contributed by atoms with Crippen LogP contribution in [0, 0.1) is 0 Å². The third kappa shape index (κ3) is 2.61. The molecule has 0 aliphatic carbocycles. The lowest BCUT2D eigenvalue weighted by atomic mass is 10.1. The Bertz CT molecular complexity index is 227. The van der Waals surface area contributed by atoms with Gasteiger partial charge in [0.05, 0.1) is 0 Å². The number of urea groups is 1. The maximum absolute atomic E-state index is 11.7. The summed E-state index contributed by atoms with van der Waals surface area (Å²) in [6.07, 6.45) is 3.18. The summed E-state index contributed by atoms with van der Waals surface area (Å²) in [5.41, 5.74) is 0. The molecule has 1 aliphatic heterocycles. The first-order valence-corrected chi connectivity index (χ1v) is 5.30. The Morgan fingerprint density at radius 2 is 1.86 bits per heavy atom. The zero-order valence-corrected chi connectivity index (χ0v) is 9.09. The Kier molecular flexibility index (Phi) is 4.20. The number of amides is 3. The molecular formula is C9H15ClN2O2. The molecule has 80 valence electrons. The second-order valence-corrected chi connectivity index (χ2v) is 3.65. The van der Waals surface area contributed by atoms with Crippen LogP contribution in [0.1, 0.15) is 26.2 Å². The van der Waals surface area contributed by atoms with E-state index in [1.807, 2.05) is 0 Å². The van der Waals surface area contributed by atoms with E-state index in [2.05, 4.69) is 0 Å². The number of carbonyl (C=O) groups excluding carboxylic acids is 2. The van der Waals surface area contributed by atoms with Crippen LogP contribution in [0.5, 0.6) is 0 Å². The van der Waals surface area contributed by atoms with Gasteiger partial charge < -0.3 is 4.90 Å². The summed E-state index contributed by atoms with van der Waals surface area (Å²) in [5.74, 6) is 0. The average molecular weight is 219 g/mol. The topological polar surface area (TPSA) is 40.6 Å². The lowest BCUT2D eigenvalue weighted by Gasteiger charge is -2.30. The van der Waals surface area contributed by atoms with E-state index < -0.39 is 5.37 Å². The van der Waals surface area contributed by atoms with E-state index >= 15 is 0 Å².